The molecule has 2 N–H and O–H groups in total. The molecule has 0 bridgehead atoms. The summed E-state index contributed by atoms with van der Waals surface area (Å²) in [6, 6.07) is 11.0. The molecule has 3 amide bonds. The van der Waals surface area contributed by atoms with Crippen molar-refractivity contribution in [1.82, 2.24) is 24.3 Å². The van der Waals surface area contributed by atoms with E-state index in [1.807, 2.05) is 15.9 Å². The first-order valence-electron chi connectivity index (χ1n) is 12.9. The van der Waals surface area contributed by atoms with Crippen LogP contribution in [0.5, 0.6) is 5.75 Å². The van der Waals surface area contributed by atoms with Crippen LogP contribution in [0.15, 0.2) is 48.9 Å². The highest BCUT2D eigenvalue weighted by molar-refractivity contribution is 5.93. The molecule has 1 saturated heterocycles. The standard InChI is InChI=1S/C27H31N7O3/c1-18-24-3-2-9-31(24)13-14-33(18)26(36)23-16-25(29-17-28-23)32-10-7-20(8-11-32)34-12-6-19-15-21(35)4-5-22(19)30-27(34)37/h2-5,9,15-18,20,35H,6-8,10-14H2,1H3,(H,30,37). The smallest absolute Gasteiger partial charge is 0.322 e. The number of aromatic nitrogens is 3. The molecule has 0 radical (unpaired) electrons. The molecule has 2 aromatic heterocycles. The third-order valence-electron chi connectivity index (χ3n) is 7.92. The van der Waals surface area contributed by atoms with Gasteiger partial charge in [0.2, 0.25) is 0 Å². The van der Waals surface area contributed by atoms with Crippen LogP contribution in [0.25, 0.3) is 0 Å². The topological polar surface area (TPSA) is 107 Å². The number of anilines is 2. The summed E-state index contributed by atoms with van der Waals surface area (Å²) in [5, 5.41) is 12.8. The number of urea groups is 1. The molecule has 37 heavy (non-hydrogen) atoms. The number of phenols is 1. The van der Waals surface area contributed by atoms with Gasteiger partial charge in [0.05, 0.1) is 6.04 Å². The van der Waals surface area contributed by atoms with Crippen LogP contribution < -0.4 is 10.2 Å². The van der Waals surface area contributed by atoms with Crippen molar-refractivity contribution >= 4 is 23.4 Å². The number of carbonyl (C=O) groups is 2. The highest BCUT2D eigenvalue weighted by Crippen LogP contribution is 2.29. The van der Waals surface area contributed by atoms with Crippen LogP contribution in [-0.2, 0) is 13.0 Å². The second kappa shape index (κ2) is 9.42. The van der Waals surface area contributed by atoms with Crippen molar-refractivity contribution in [3.63, 3.8) is 0 Å². The van der Waals surface area contributed by atoms with E-state index in [-0.39, 0.29) is 29.8 Å². The number of hydrogen-bond acceptors (Lipinski definition) is 6. The zero-order chi connectivity index (χ0) is 25.5. The molecule has 3 aromatic rings. The molecular weight excluding hydrogens is 470 g/mol. The van der Waals surface area contributed by atoms with Gasteiger partial charge in [-0.15, -0.1) is 0 Å². The zero-order valence-electron chi connectivity index (χ0n) is 20.9. The summed E-state index contributed by atoms with van der Waals surface area (Å²) in [5.41, 5.74) is 3.25. The number of phenolic OH excluding ortho intramolecular Hbond substituents is 1. The first-order chi connectivity index (χ1) is 18.0. The fraction of sp³-hybridized carbons (Fsp3) is 0.407. The molecule has 5 heterocycles. The van der Waals surface area contributed by atoms with Gasteiger partial charge in [0, 0.05) is 62.4 Å². The average molecular weight is 502 g/mol. The van der Waals surface area contributed by atoms with E-state index in [1.54, 1.807) is 24.3 Å². The molecule has 1 unspecified atom stereocenters. The Balaban J connectivity index is 1.11. The normalized spacial score (nSPS) is 20.2. The Labute approximate surface area is 215 Å². The fourth-order valence-corrected chi connectivity index (χ4v) is 5.83. The molecule has 6 rings (SSSR count). The van der Waals surface area contributed by atoms with E-state index in [9.17, 15) is 14.7 Å². The number of hydrogen-bond donors (Lipinski definition) is 2. The van der Waals surface area contributed by atoms with Crippen LogP contribution in [-0.4, -0.2) is 73.6 Å². The summed E-state index contributed by atoms with van der Waals surface area (Å²) in [4.78, 5) is 41.0. The monoisotopic (exact) mass is 501 g/mol. The van der Waals surface area contributed by atoms with Crippen LogP contribution >= 0.6 is 0 Å². The molecule has 0 spiro atoms. The van der Waals surface area contributed by atoms with Gasteiger partial charge in [-0.3, -0.25) is 4.79 Å². The van der Waals surface area contributed by atoms with E-state index in [0.29, 0.717) is 25.2 Å². The van der Waals surface area contributed by atoms with Crippen molar-refractivity contribution in [3.05, 3.63) is 65.9 Å². The lowest BCUT2D eigenvalue weighted by molar-refractivity contribution is 0.0637. The van der Waals surface area contributed by atoms with Crippen LogP contribution in [0.1, 0.15) is 47.6 Å². The Morgan fingerprint density at radius 1 is 1.05 bits per heavy atom. The van der Waals surface area contributed by atoms with Crippen LogP contribution in [0.2, 0.25) is 0 Å². The number of aromatic hydroxyl groups is 1. The van der Waals surface area contributed by atoms with E-state index >= 15 is 0 Å². The summed E-state index contributed by atoms with van der Waals surface area (Å²) < 4.78 is 2.19. The summed E-state index contributed by atoms with van der Waals surface area (Å²) in [7, 11) is 0. The van der Waals surface area contributed by atoms with Gasteiger partial charge in [-0.1, -0.05) is 0 Å². The number of nitrogens with one attached hydrogen (secondary N) is 1. The summed E-state index contributed by atoms with van der Waals surface area (Å²) in [6.45, 7) is 5.56. The Hall–Kier alpha value is -4.08. The second-order valence-electron chi connectivity index (χ2n) is 10.00. The van der Waals surface area contributed by atoms with Crippen molar-refractivity contribution in [2.24, 2.45) is 0 Å². The maximum absolute atomic E-state index is 13.4. The van der Waals surface area contributed by atoms with Gasteiger partial charge in [0.1, 0.15) is 23.6 Å². The number of fused-ring (bicyclic) bond motifs is 2. The van der Waals surface area contributed by atoms with Gasteiger partial charge in [0.15, 0.2) is 0 Å². The van der Waals surface area contributed by atoms with Crippen molar-refractivity contribution in [1.29, 1.82) is 0 Å². The number of piperidine rings is 1. The maximum Gasteiger partial charge on any atom is 0.322 e. The predicted octanol–water partition coefficient (Wildman–Crippen LogP) is 3.26. The number of rotatable bonds is 3. The first kappa shape index (κ1) is 23.3. The van der Waals surface area contributed by atoms with E-state index in [1.165, 1.54) is 6.33 Å². The molecule has 1 atom stereocenters. The predicted molar refractivity (Wildman–Crippen MR) is 139 cm³/mol. The lowest BCUT2D eigenvalue weighted by Crippen LogP contribution is -2.49. The number of nitrogens with zero attached hydrogens (tertiary/aromatic N) is 6. The van der Waals surface area contributed by atoms with Crippen molar-refractivity contribution in [2.75, 3.05) is 36.4 Å². The van der Waals surface area contributed by atoms with E-state index < -0.39 is 0 Å². The van der Waals surface area contributed by atoms with E-state index in [4.69, 9.17) is 0 Å². The summed E-state index contributed by atoms with van der Waals surface area (Å²) in [5.74, 6) is 0.875. The SMILES string of the molecule is CC1c2cccn2CCN1C(=O)c1cc(N2CCC(N3CCc4cc(O)ccc4NC3=O)CC2)ncn1. The summed E-state index contributed by atoms with van der Waals surface area (Å²) in [6.07, 6.45) is 5.84. The van der Waals surface area contributed by atoms with Crippen molar-refractivity contribution in [3.8, 4) is 5.75 Å². The Morgan fingerprint density at radius 2 is 1.89 bits per heavy atom. The zero-order valence-corrected chi connectivity index (χ0v) is 20.9. The highest BCUT2D eigenvalue weighted by atomic mass is 16.3. The van der Waals surface area contributed by atoms with E-state index in [0.717, 1.165) is 55.2 Å². The van der Waals surface area contributed by atoms with Gasteiger partial charge < -0.3 is 29.7 Å². The molecule has 0 aliphatic carbocycles. The molecule has 192 valence electrons. The molecule has 3 aliphatic heterocycles. The van der Waals surface area contributed by atoms with Gasteiger partial charge in [-0.2, -0.15) is 0 Å². The molecule has 3 aliphatic rings. The van der Waals surface area contributed by atoms with Crippen molar-refractivity contribution in [2.45, 2.75) is 44.8 Å². The molecule has 0 saturated carbocycles. The minimum absolute atomic E-state index is 0.0136. The van der Waals surface area contributed by atoms with Gasteiger partial charge in [-0.05, 0) is 62.1 Å². The Kier molecular flexibility index (Phi) is 5.94. The average Bonchev–Trinajstić information content (AvgIpc) is 3.34. The highest BCUT2D eigenvalue weighted by Gasteiger charge is 2.32. The van der Waals surface area contributed by atoms with Gasteiger partial charge >= 0.3 is 6.03 Å². The maximum atomic E-state index is 13.4. The molecule has 10 heteroatoms. The minimum Gasteiger partial charge on any atom is -0.508 e. The van der Waals surface area contributed by atoms with Gasteiger partial charge in [-0.25, -0.2) is 14.8 Å². The van der Waals surface area contributed by atoms with Crippen LogP contribution in [0.3, 0.4) is 0 Å². The molecule has 1 fully saturated rings. The van der Waals surface area contributed by atoms with Gasteiger partial charge in [0.25, 0.3) is 5.91 Å². The molecule has 10 nitrogen and oxygen atoms in total. The third kappa shape index (κ3) is 4.36. The van der Waals surface area contributed by atoms with Crippen LogP contribution in [0, 0.1) is 0 Å². The number of carbonyl (C=O) groups excluding carboxylic acids is 2. The Bertz CT molecular complexity index is 1330. The van der Waals surface area contributed by atoms with Crippen molar-refractivity contribution < 1.29 is 14.7 Å². The largest absolute Gasteiger partial charge is 0.508 e. The molecule has 1 aromatic carbocycles. The minimum atomic E-state index is -0.0976. The second-order valence-corrected chi connectivity index (χ2v) is 10.00. The number of amides is 3. The first-order valence-corrected chi connectivity index (χ1v) is 12.9. The molecular formula is C27H31N7O3. The Morgan fingerprint density at radius 3 is 2.73 bits per heavy atom. The third-order valence-corrected chi connectivity index (χ3v) is 7.92. The quantitative estimate of drug-likeness (QED) is 0.534. The van der Waals surface area contributed by atoms with Crippen LogP contribution in [0.4, 0.5) is 16.3 Å². The lowest BCUT2D eigenvalue weighted by Gasteiger charge is -2.38. The lowest BCUT2D eigenvalue weighted by atomic mass is 10.0. The summed E-state index contributed by atoms with van der Waals surface area (Å²) >= 11 is 0. The number of benzene rings is 1. The fourth-order valence-electron chi connectivity index (χ4n) is 5.83. The van der Waals surface area contributed by atoms with E-state index in [2.05, 4.69) is 43.9 Å².